The lowest BCUT2D eigenvalue weighted by molar-refractivity contribution is 0.452. The second-order valence-corrected chi connectivity index (χ2v) is 5.06. The summed E-state index contributed by atoms with van der Waals surface area (Å²) in [6, 6.07) is 6.05. The molecule has 1 aliphatic rings. The number of nitrogens with zero attached hydrogens (tertiary/aromatic N) is 6. The molecule has 1 aliphatic heterocycles. The fraction of sp³-hybridized carbons (Fsp3) is 0.286. The molecule has 1 unspecified atom stereocenters. The fourth-order valence-electron chi connectivity index (χ4n) is 2.71. The predicted molar refractivity (Wildman–Crippen MR) is 77.7 cm³/mol. The van der Waals surface area contributed by atoms with Gasteiger partial charge in [-0.15, -0.1) is 5.10 Å². The third-order valence-corrected chi connectivity index (χ3v) is 3.75. The first kappa shape index (κ1) is 12.1. The normalized spacial score (nSPS) is 17.3. The molecule has 0 aromatic carbocycles. The number of hydrogen-bond donors (Lipinski definition) is 1. The van der Waals surface area contributed by atoms with Gasteiger partial charge in [0.25, 0.3) is 0 Å². The second-order valence-electron chi connectivity index (χ2n) is 5.06. The Labute approximate surface area is 121 Å². The molecule has 7 heteroatoms. The number of anilines is 1. The third kappa shape index (κ3) is 1.97. The van der Waals surface area contributed by atoms with Gasteiger partial charge in [0, 0.05) is 37.7 Å². The Kier molecular flexibility index (Phi) is 2.70. The molecule has 0 saturated carbocycles. The molecule has 21 heavy (non-hydrogen) atoms. The van der Waals surface area contributed by atoms with Crippen molar-refractivity contribution in [2.24, 2.45) is 7.05 Å². The molecule has 0 fully saturated rings. The van der Waals surface area contributed by atoms with Gasteiger partial charge in [0.05, 0.1) is 11.7 Å². The number of pyridine rings is 1. The van der Waals surface area contributed by atoms with E-state index >= 15 is 0 Å². The van der Waals surface area contributed by atoms with Crippen LogP contribution in [0.4, 0.5) is 5.95 Å². The van der Waals surface area contributed by atoms with Crippen molar-refractivity contribution < 1.29 is 0 Å². The molecular weight excluding hydrogens is 266 g/mol. The predicted octanol–water partition coefficient (Wildman–Crippen LogP) is 1.48. The molecule has 4 heterocycles. The van der Waals surface area contributed by atoms with Gasteiger partial charge in [0.15, 0.2) is 5.82 Å². The van der Waals surface area contributed by atoms with Crippen LogP contribution in [0.25, 0.3) is 11.4 Å². The summed E-state index contributed by atoms with van der Waals surface area (Å²) in [5.41, 5.74) is 2.06. The molecule has 0 amide bonds. The van der Waals surface area contributed by atoms with Crippen LogP contribution in [0.1, 0.15) is 18.2 Å². The van der Waals surface area contributed by atoms with Crippen molar-refractivity contribution in [3.63, 3.8) is 0 Å². The SMILES string of the molecule is Cn1nccc1C1CCNc2nc(-c3cccnc3)nn21. The number of aromatic nitrogens is 6. The molecule has 0 spiro atoms. The molecule has 106 valence electrons. The van der Waals surface area contributed by atoms with Crippen molar-refractivity contribution in [1.82, 2.24) is 29.5 Å². The Hall–Kier alpha value is -2.70. The van der Waals surface area contributed by atoms with Gasteiger partial charge in [-0.3, -0.25) is 9.67 Å². The summed E-state index contributed by atoms with van der Waals surface area (Å²) >= 11 is 0. The molecule has 7 nitrogen and oxygen atoms in total. The Balaban J connectivity index is 1.79. The minimum Gasteiger partial charge on any atom is -0.354 e. The van der Waals surface area contributed by atoms with Crippen molar-refractivity contribution in [3.8, 4) is 11.4 Å². The highest BCUT2D eigenvalue weighted by Crippen LogP contribution is 2.29. The van der Waals surface area contributed by atoms with E-state index in [0.29, 0.717) is 5.82 Å². The van der Waals surface area contributed by atoms with E-state index in [1.807, 2.05) is 40.8 Å². The Morgan fingerprint density at radius 1 is 1.29 bits per heavy atom. The highest BCUT2D eigenvalue weighted by atomic mass is 15.4. The maximum Gasteiger partial charge on any atom is 0.222 e. The average Bonchev–Trinajstić information content (AvgIpc) is 3.14. The quantitative estimate of drug-likeness (QED) is 0.770. The molecule has 1 atom stereocenters. The number of aryl methyl sites for hydroxylation is 1. The van der Waals surface area contributed by atoms with Crippen LogP contribution in [0.5, 0.6) is 0 Å². The highest BCUT2D eigenvalue weighted by molar-refractivity contribution is 5.55. The van der Waals surface area contributed by atoms with E-state index in [4.69, 9.17) is 0 Å². The lowest BCUT2D eigenvalue weighted by Gasteiger charge is -2.24. The van der Waals surface area contributed by atoms with E-state index in [2.05, 4.69) is 25.5 Å². The first-order valence-corrected chi connectivity index (χ1v) is 6.91. The maximum absolute atomic E-state index is 4.66. The molecular formula is C14H15N7. The summed E-state index contributed by atoms with van der Waals surface area (Å²) in [5.74, 6) is 1.49. The van der Waals surface area contributed by atoms with Gasteiger partial charge in [0.2, 0.25) is 5.95 Å². The summed E-state index contributed by atoms with van der Waals surface area (Å²) in [4.78, 5) is 8.71. The number of hydrogen-bond acceptors (Lipinski definition) is 5. The molecule has 1 N–H and O–H groups in total. The average molecular weight is 281 g/mol. The van der Waals surface area contributed by atoms with Crippen LogP contribution in [0.15, 0.2) is 36.8 Å². The van der Waals surface area contributed by atoms with Gasteiger partial charge in [-0.05, 0) is 24.6 Å². The van der Waals surface area contributed by atoms with Crippen LogP contribution < -0.4 is 5.32 Å². The third-order valence-electron chi connectivity index (χ3n) is 3.75. The number of nitrogens with one attached hydrogen (secondary N) is 1. The van der Waals surface area contributed by atoms with Gasteiger partial charge >= 0.3 is 0 Å². The van der Waals surface area contributed by atoms with Gasteiger partial charge in [-0.1, -0.05) is 0 Å². The molecule has 0 aliphatic carbocycles. The van der Waals surface area contributed by atoms with Crippen LogP contribution in [-0.4, -0.2) is 36.1 Å². The fourth-order valence-corrected chi connectivity index (χ4v) is 2.71. The van der Waals surface area contributed by atoms with Gasteiger partial charge in [0.1, 0.15) is 0 Å². The Bertz CT molecular complexity index is 759. The molecule has 3 aromatic heterocycles. The van der Waals surface area contributed by atoms with Crippen LogP contribution >= 0.6 is 0 Å². The van der Waals surface area contributed by atoms with Crippen molar-refractivity contribution in [2.75, 3.05) is 11.9 Å². The minimum absolute atomic E-state index is 0.159. The highest BCUT2D eigenvalue weighted by Gasteiger charge is 2.26. The molecule has 0 bridgehead atoms. The molecule has 3 aromatic rings. The van der Waals surface area contributed by atoms with Crippen LogP contribution in [0.2, 0.25) is 0 Å². The number of rotatable bonds is 2. The lowest BCUT2D eigenvalue weighted by Crippen LogP contribution is -2.26. The zero-order valence-electron chi connectivity index (χ0n) is 11.6. The van der Waals surface area contributed by atoms with Crippen LogP contribution in [-0.2, 0) is 7.05 Å². The largest absolute Gasteiger partial charge is 0.354 e. The first-order chi connectivity index (χ1) is 10.3. The zero-order chi connectivity index (χ0) is 14.2. The van der Waals surface area contributed by atoms with Crippen molar-refractivity contribution in [1.29, 1.82) is 0 Å². The smallest absolute Gasteiger partial charge is 0.222 e. The van der Waals surface area contributed by atoms with Crippen LogP contribution in [0.3, 0.4) is 0 Å². The molecule has 4 rings (SSSR count). The monoisotopic (exact) mass is 281 g/mol. The van der Waals surface area contributed by atoms with Gasteiger partial charge < -0.3 is 5.32 Å². The van der Waals surface area contributed by atoms with E-state index in [1.165, 1.54) is 0 Å². The standard InChI is InChI=1S/C14H15N7/c1-20-11(5-8-17-20)12-4-7-16-14-18-13(19-21(12)14)10-3-2-6-15-9-10/h2-3,5-6,8-9,12H,4,7H2,1H3,(H,16,18,19). The Morgan fingerprint density at radius 3 is 3.00 bits per heavy atom. The maximum atomic E-state index is 4.66. The van der Waals surface area contributed by atoms with Crippen molar-refractivity contribution >= 4 is 5.95 Å². The topological polar surface area (TPSA) is 73.5 Å². The molecule has 0 saturated heterocycles. The van der Waals surface area contributed by atoms with E-state index in [1.54, 1.807) is 12.4 Å². The van der Waals surface area contributed by atoms with E-state index in [0.717, 1.165) is 30.2 Å². The van der Waals surface area contributed by atoms with Gasteiger partial charge in [-0.25, -0.2) is 4.68 Å². The summed E-state index contributed by atoms with van der Waals surface area (Å²) in [6.45, 7) is 0.876. The van der Waals surface area contributed by atoms with Gasteiger partial charge in [-0.2, -0.15) is 10.1 Å². The lowest BCUT2D eigenvalue weighted by atomic mass is 10.1. The second kappa shape index (κ2) is 4.69. The van der Waals surface area contributed by atoms with Crippen molar-refractivity contribution in [2.45, 2.75) is 12.5 Å². The van der Waals surface area contributed by atoms with E-state index < -0.39 is 0 Å². The minimum atomic E-state index is 0.159. The molecule has 0 radical (unpaired) electrons. The zero-order valence-corrected chi connectivity index (χ0v) is 11.6. The van der Waals surface area contributed by atoms with Crippen molar-refractivity contribution in [3.05, 3.63) is 42.5 Å². The number of fused-ring (bicyclic) bond motifs is 1. The summed E-state index contributed by atoms with van der Waals surface area (Å²) in [7, 11) is 1.95. The Morgan fingerprint density at radius 2 is 2.24 bits per heavy atom. The summed E-state index contributed by atoms with van der Waals surface area (Å²) < 4.78 is 3.84. The van der Waals surface area contributed by atoms with Crippen LogP contribution in [0, 0.1) is 0 Å². The summed E-state index contributed by atoms with van der Waals surface area (Å²) in [5, 5.41) is 12.2. The van der Waals surface area contributed by atoms with E-state index in [9.17, 15) is 0 Å². The summed E-state index contributed by atoms with van der Waals surface area (Å²) in [6.07, 6.45) is 6.30. The van der Waals surface area contributed by atoms with E-state index in [-0.39, 0.29) is 6.04 Å². The first-order valence-electron chi connectivity index (χ1n) is 6.91.